The third kappa shape index (κ3) is 3.94. The summed E-state index contributed by atoms with van der Waals surface area (Å²) >= 11 is 0. The zero-order valence-electron chi connectivity index (χ0n) is 15.1. The highest BCUT2D eigenvalue weighted by Crippen LogP contribution is 2.36. The van der Waals surface area contributed by atoms with Crippen LogP contribution in [0.5, 0.6) is 11.5 Å². The number of hydrogen-bond acceptors (Lipinski definition) is 7. The standard InChI is InChI=1S/C19H18N2O7/c1-26-17-7-15(19(23)20-12-27-11-14(20)9-22)16(21(24)25)8-18(17)28-10-13-5-3-2-4-6-13/h2-9,14H,10-12H2,1H3/t14-/m1/s1. The molecule has 0 aromatic heterocycles. The molecule has 1 atom stereocenters. The first-order chi connectivity index (χ1) is 13.5. The van der Waals surface area contributed by atoms with E-state index in [0.29, 0.717) is 6.29 Å². The number of aldehydes is 1. The Morgan fingerprint density at radius 2 is 2.07 bits per heavy atom. The van der Waals surface area contributed by atoms with Crippen molar-refractivity contribution in [1.82, 2.24) is 4.90 Å². The second-order valence-electron chi connectivity index (χ2n) is 6.03. The van der Waals surface area contributed by atoms with Crippen LogP contribution < -0.4 is 9.47 Å². The average Bonchev–Trinajstić information content (AvgIpc) is 3.20. The van der Waals surface area contributed by atoms with Crippen molar-refractivity contribution >= 4 is 17.9 Å². The topological polar surface area (TPSA) is 108 Å². The van der Waals surface area contributed by atoms with Gasteiger partial charge in [0, 0.05) is 6.07 Å². The van der Waals surface area contributed by atoms with Crippen LogP contribution in [0, 0.1) is 10.1 Å². The number of benzene rings is 2. The van der Waals surface area contributed by atoms with Crippen LogP contribution in [-0.2, 0) is 16.1 Å². The number of nitrogens with zero attached hydrogens (tertiary/aromatic N) is 2. The molecule has 28 heavy (non-hydrogen) atoms. The van der Waals surface area contributed by atoms with Gasteiger partial charge in [-0.2, -0.15) is 0 Å². The molecule has 1 aliphatic rings. The lowest BCUT2D eigenvalue weighted by Gasteiger charge is -2.19. The quantitative estimate of drug-likeness (QED) is 0.408. The highest BCUT2D eigenvalue weighted by molar-refractivity contribution is 6.00. The Hall–Kier alpha value is -3.46. The Balaban J connectivity index is 1.93. The Morgan fingerprint density at radius 3 is 2.71 bits per heavy atom. The molecule has 1 aliphatic heterocycles. The number of hydrogen-bond donors (Lipinski definition) is 0. The zero-order chi connectivity index (χ0) is 20.1. The summed E-state index contributed by atoms with van der Waals surface area (Å²) < 4.78 is 16.0. The molecule has 1 fully saturated rings. The van der Waals surface area contributed by atoms with Crippen molar-refractivity contribution < 1.29 is 28.7 Å². The Morgan fingerprint density at radius 1 is 1.32 bits per heavy atom. The molecule has 1 heterocycles. The van der Waals surface area contributed by atoms with E-state index in [9.17, 15) is 19.7 Å². The van der Waals surface area contributed by atoms with Crippen molar-refractivity contribution in [2.75, 3.05) is 20.4 Å². The van der Waals surface area contributed by atoms with Gasteiger partial charge in [0.25, 0.3) is 11.6 Å². The SMILES string of the molecule is COc1cc(C(=O)N2COC[C@H]2C=O)c([N+](=O)[O-])cc1OCc1ccccc1. The van der Waals surface area contributed by atoms with E-state index >= 15 is 0 Å². The monoisotopic (exact) mass is 386 g/mol. The minimum atomic E-state index is -0.785. The molecular weight excluding hydrogens is 368 g/mol. The van der Waals surface area contributed by atoms with Crippen molar-refractivity contribution in [2.24, 2.45) is 0 Å². The lowest BCUT2D eigenvalue weighted by atomic mass is 10.1. The number of ether oxygens (including phenoxy) is 3. The van der Waals surface area contributed by atoms with Crippen molar-refractivity contribution in [3.63, 3.8) is 0 Å². The Bertz CT molecular complexity index is 885. The van der Waals surface area contributed by atoms with Crippen LogP contribution in [0.4, 0.5) is 5.69 Å². The highest BCUT2D eigenvalue weighted by atomic mass is 16.6. The van der Waals surface area contributed by atoms with E-state index in [2.05, 4.69) is 0 Å². The maximum absolute atomic E-state index is 12.8. The van der Waals surface area contributed by atoms with Gasteiger partial charge < -0.3 is 23.9 Å². The fourth-order valence-corrected chi connectivity index (χ4v) is 2.81. The number of carbonyl (C=O) groups excluding carboxylic acids is 2. The summed E-state index contributed by atoms with van der Waals surface area (Å²) in [5, 5.41) is 11.6. The van der Waals surface area contributed by atoms with E-state index in [1.165, 1.54) is 13.2 Å². The molecule has 1 saturated heterocycles. The van der Waals surface area contributed by atoms with Crippen LogP contribution in [0.25, 0.3) is 0 Å². The molecule has 9 nitrogen and oxygen atoms in total. The Kier molecular flexibility index (Phi) is 5.85. The van der Waals surface area contributed by atoms with Crippen LogP contribution in [0.15, 0.2) is 42.5 Å². The van der Waals surface area contributed by atoms with E-state index < -0.39 is 22.6 Å². The molecule has 0 bridgehead atoms. The molecule has 0 unspecified atom stereocenters. The van der Waals surface area contributed by atoms with Gasteiger partial charge in [0.2, 0.25) is 0 Å². The maximum Gasteiger partial charge on any atom is 0.286 e. The Labute approximate surface area is 160 Å². The fourth-order valence-electron chi connectivity index (χ4n) is 2.81. The predicted molar refractivity (Wildman–Crippen MR) is 97.3 cm³/mol. The summed E-state index contributed by atoms with van der Waals surface area (Å²) in [5.74, 6) is -0.374. The first-order valence-corrected chi connectivity index (χ1v) is 8.42. The molecule has 2 aromatic rings. The predicted octanol–water partition coefficient (Wildman–Crippen LogP) is 2.18. The van der Waals surface area contributed by atoms with Gasteiger partial charge in [0.15, 0.2) is 11.5 Å². The van der Waals surface area contributed by atoms with Gasteiger partial charge in [-0.25, -0.2) is 0 Å². The van der Waals surface area contributed by atoms with Crippen molar-refractivity contribution in [1.29, 1.82) is 0 Å². The first kappa shape index (κ1) is 19.3. The molecule has 0 saturated carbocycles. The average molecular weight is 386 g/mol. The summed E-state index contributed by atoms with van der Waals surface area (Å²) in [4.78, 5) is 35.9. The largest absolute Gasteiger partial charge is 0.493 e. The summed E-state index contributed by atoms with van der Waals surface area (Å²) in [5.41, 5.74) is 0.229. The minimum Gasteiger partial charge on any atom is -0.493 e. The second-order valence-corrected chi connectivity index (χ2v) is 6.03. The van der Waals surface area contributed by atoms with E-state index in [1.54, 1.807) is 0 Å². The molecule has 0 N–H and O–H groups in total. The van der Waals surface area contributed by atoms with Gasteiger partial charge >= 0.3 is 0 Å². The summed E-state index contributed by atoms with van der Waals surface area (Å²) in [6, 6.07) is 10.9. The molecule has 0 aliphatic carbocycles. The van der Waals surface area contributed by atoms with Crippen LogP contribution >= 0.6 is 0 Å². The fraction of sp³-hybridized carbons (Fsp3) is 0.263. The number of amides is 1. The molecule has 0 radical (unpaired) electrons. The lowest BCUT2D eigenvalue weighted by Crippen LogP contribution is -2.37. The van der Waals surface area contributed by atoms with Crippen molar-refractivity contribution in [3.8, 4) is 11.5 Å². The second kappa shape index (κ2) is 8.49. The number of methoxy groups -OCH3 is 1. The molecule has 3 rings (SSSR count). The van der Waals surface area contributed by atoms with Crippen LogP contribution in [-0.4, -0.2) is 48.5 Å². The molecule has 146 valence electrons. The molecule has 2 aromatic carbocycles. The van der Waals surface area contributed by atoms with Gasteiger partial charge in [0.1, 0.15) is 31.2 Å². The van der Waals surface area contributed by atoms with Crippen molar-refractivity contribution in [2.45, 2.75) is 12.6 Å². The van der Waals surface area contributed by atoms with Crippen LogP contribution in [0.2, 0.25) is 0 Å². The van der Waals surface area contributed by atoms with Gasteiger partial charge in [0.05, 0.1) is 24.7 Å². The summed E-state index contributed by atoms with van der Waals surface area (Å²) in [6.45, 7) is 0.112. The van der Waals surface area contributed by atoms with Crippen LogP contribution in [0.1, 0.15) is 15.9 Å². The van der Waals surface area contributed by atoms with Crippen molar-refractivity contribution in [3.05, 3.63) is 63.7 Å². The van der Waals surface area contributed by atoms with E-state index in [-0.39, 0.29) is 37.0 Å². The summed E-state index contributed by atoms with van der Waals surface area (Å²) in [7, 11) is 1.37. The normalized spacial score (nSPS) is 15.9. The minimum absolute atomic E-state index is 0.0540. The lowest BCUT2D eigenvalue weighted by molar-refractivity contribution is -0.385. The highest BCUT2D eigenvalue weighted by Gasteiger charge is 2.34. The maximum atomic E-state index is 12.8. The zero-order valence-corrected chi connectivity index (χ0v) is 15.1. The van der Waals surface area contributed by atoms with E-state index in [4.69, 9.17) is 14.2 Å². The number of carbonyl (C=O) groups is 2. The first-order valence-electron chi connectivity index (χ1n) is 8.42. The van der Waals surface area contributed by atoms with Gasteiger partial charge in [-0.1, -0.05) is 30.3 Å². The number of nitro benzene ring substituents is 1. The third-order valence-electron chi connectivity index (χ3n) is 4.28. The van der Waals surface area contributed by atoms with Gasteiger partial charge in [-0.3, -0.25) is 14.9 Å². The molecule has 9 heteroatoms. The third-order valence-corrected chi connectivity index (χ3v) is 4.28. The molecule has 0 spiro atoms. The van der Waals surface area contributed by atoms with E-state index in [0.717, 1.165) is 16.5 Å². The molecule has 1 amide bonds. The molecular formula is C19H18N2O7. The van der Waals surface area contributed by atoms with Gasteiger partial charge in [-0.05, 0) is 5.56 Å². The smallest absolute Gasteiger partial charge is 0.286 e. The van der Waals surface area contributed by atoms with Crippen LogP contribution in [0.3, 0.4) is 0 Å². The van der Waals surface area contributed by atoms with Gasteiger partial charge in [-0.15, -0.1) is 0 Å². The van der Waals surface area contributed by atoms with E-state index in [1.807, 2.05) is 30.3 Å². The summed E-state index contributed by atoms with van der Waals surface area (Å²) in [6.07, 6.45) is 0.575. The number of rotatable bonds is 7. The number of nitro groups is 1.